The first kappa shape index (κ1) is 28.5. The van der Waals surface area contributed by atoms with Crippen LogP contribution in [0.15, 0.2) is 66.7 Å². The van der Waals surface area contributed by atoms with Crippen molar-refractivity contribution in [2.24, 2.45) is 0 Å². The van der Waals surface area contributed by atoms with Crippen LogP contribution in [0.25, 0.3) is 0 Å². The highest BCUT2D eigenvalue weighted by Crippen LogP contribution is 2.36. The lowest BCUT2D eigenvalue weighted by molar-refractivity contribution is -0.137. The van der Waals surface area contributed by atoms with Crippen LogP contribution in [0.3, 0.4) is 0 Å². The van der Waals surface area contributed by atoms with Gasteiger partial charge in [0.1, 0.15) is 17.1 Å². The molecule has 2 aromatic rings. The molecule has 0 spiro atoms. The number of halogens is 3. The number of aromatic nitrogens is 2. The van der Waals surface area contributed by atoms with E-state index < -0.39 is 29.5 Å². The molecule has 3 N–H and O–H groups in total. The van der Waals surface area contributed by atoms with E-state index in [0.29, 0.717) is 44.0 Å². The van der Waals surface area contributed by atoms with Crippen molar-refractivity contribution in [1.82, 2.24) is 19.8 Å². The number of nitrogens with zero attached hydrogens (tertiary/aromatic N) is 4. The normalized spacial score (nSPS) is 17.4. The van der Waals surface area contributed by atoms with Crippen LogP contribution >= 0.6 is 0 Å². The van der Waals surface area contributed by atoms with Crippen molar-refractivity contribution in [2.75, 3.05) is 49.2 Å². The molecule has 2 heterocycles. The lowest BCUT2D eigenvalue weighted by atomic mass is 10.0. The van der Waals surface area contributed by atoms with E-state index in [-0.39, 0.29) is 17.5 Å². The molecule has 1 saturated heterocycles. The molecule has 10 nitrogen and oxygen atoms in total. The number of methoxy groups -OCH3 is 1. The maximum Gasteiger partial charge on any atom is 0.421 e. The van der Waals surface area contributed by atoms with Gasteiger partial charge in [-0.25, -0.2) is 4.98 Å². The number of nitrogens with one attached hydrogen (secondary N) is 3. The summed E-state index contributed by atoms with van der Waals surface area (Å²) in [4.78, 5) is 35.2. The maximum atomic E-state index is 13.8. The number of ether oxygens (including phenoxy) is 1. The Morgan fingerprint density at radius 3 is 2.55 bits per heavy atom. The van der Waals surface area contributed by atoms with E-state index in [4.69, 9.17) is 4.74 Å². The number of amides is 2. The molecule has 2 amide bonds. The minimum absolute atomic E-state index is 0.0218. The predicted octanol–water partition coefficient (Wildman–Crippen LogP) is 4.13. The minimum atomic E-state index is -4.71. The molecule has 1 aromatic carbocycles. The summed E-state index contributed by atoms with van der Waals surface area (Å²) in [5.74, 6) is -0.295. The van der Waals surface area contributed by atoms with Crippen molar-refractivity contribution in [3.63, 3.8) is 0 Å². The van der Waals surface area contributed by atoms with Gasteiger partial charge in [-0.1, -0.05) is 18.7 Å². The Morgan fingerprint density at radius 1 is 1.18 bits per heavy atom. The van der Waals surface area contributed by atoms with Gasteiger partial charge in [-0.05, 0) is 30.7 Å². The van der Waals surface area contributed by atoms with Crippen LogP contribution in [0.2, 0.25) is 0 Å². The third-order valence-electron chi connectivity index (χ3n) is 6.50. The zero-order valence-electron chi connectivity index (χ0n) is 22.1. The van der Waals surface area contributed by atoms with Crippen molar-refractivity contribution >= 4 is 35.0 Å². The van der Waals surface area contributed by atoms with Crippen LogP contribution < -0.4 is 16.0 Å². The highest BCUT2D eigenvalue weighted by Gasteiger charge is 2.36. The number of allylic oxidation sites excluding steroid dienone is 1. The summed E-state index contributed by atoms with van der Waals surface area (Å²) in [7, 11) is 1.52. The van der Waals surface area contributed by atoms with Gasteiger partial charge in [-0.3, -0.25) is 9.59 Å². The fourth-order valence-electron chi connectivity index (χ4n) is 4.41. The number of carbonyl (C=O) groups is 2. The monoisotopic (exact) mass is 557 g/mol. The number of anilines is 4. The number of piperazine rings is 1. The Hall–Kier alpha value is -4.55. The summed E-state index contributed by atoms with van der Waals surface area (Å²) in [6.07, 6.45) is 1.47. The largest absolute Gasteiger partial charge is 0.499 e. The molecule has 0 radical (unpaired) electrons. The van der Waals surface area contributed by atoms with Crippen molar-refractivity contribution in [1.29, 1.82) is 0 Å². The zero-order valence-corrected chi connectivity index (χ0v) is 22.1. The standard InChI is InChI=1S/C27H30F3N7O3/c1-4-24(39)32-18-6-5-7-19(14-18)33-25-21(27(28,29)30)16-31-26(35-25)34-22-9-8-20(15-23(22)40-3)37-12-10-36(11-13-37)17(2)38/h4-8,14-16,22H,1,9-13H2,2-3H3,(H,32,39)(H2,31,33,34,35). The van der Waals surface area contributed by atoms with Crippen LogP contribution in [0.5, 0.6) is 0 Å². The quantitative estimate of drug-likeness (QED) is 0.416. The van der Waals surface area contributed by atoms with E-state index in [1.165, 1.54) is 13.2 Å². The van der Waals surface area contributed by atoms with Gasteiger partial charge >= 0.3 is 6.18 Å². The van der Waals surface area contributed by atoms with E-state index in [9.17, 15) is 22.8 Å². The lowest BCUT2D eigenvalue weighted by Gasteiger charge is -2.37. The number of alkyl halides is 3. The summed E-state index contributed by atoms with van der Waals surface area (Å²) in [5, 5.41) is 8.33. The van der Waals surface area contributed by atoms with Gasteiger partial charge in [0.15, 0.2) is 0 Å². The van der Waals surface area contributed by atoms with Crippen LogP contribution in [-0.2, 0) is 20.5 Å². The summed E-state index contributed by atoms with van der Waals surface area (Å²) in [6, 6.07) is 5.79. The van der Waals surface area contributed by atoms with Gasteiger partial charge in [-0.2, -0.15) is 18.2 Å². The fraction of sp³-hybridized carbons (Fsp3) is 0.333. The molecule has 1 atom stereocenters. The number of carbonyl (C=O) groups excluding carboxylic acids is 2. The number of benzene rings is 1. The average Bonchev–Trinajstić information content (AvgIpc) is 2.93. The molecule has 212 valence electrons. The smallest absolute Gasteiger partial charge is 0.421 e. The number of rotatable bonds is 8. The molecule has 1 fully saturated rings. The van der Waals surface area contributed by atoms with Crippen LogP contribution in [0.4, 0.5) is 36.3 Å². The van der Waals surface area contributed by atoms with E-state index in [1.54, 1.807) is 30.0 Å². The van der Waals surface area contributed by atoms with Gasteiger partial charge in [0.2, 0.25) is 17.8 Å². The molecule has 1 aromatic heterocycles. The molecule has 13 heteroatoms. The predicted molar refractivity (Wildman–Crippen MR) is 145 cm³/mol. The van der Waals surface area contributed by atoms with E-state index in [2.05, 4.69) is 37.4 Å². The highest BCUT2D eigenvalue weighted by atomic mass is 19.4. The summed E-state index contributed by atoms with van der Waals surface area (Å²) in [6.45, 7) is 7.57. The first-order valence-corrected chi connectivity index (χ1v) is 12.5. The molecule has 0 saturated carbocycles. The number of hydrogen-bond donors (Lipinski definition) is 3. The first-order valence-electron chi connectivity index (χ1n) is 12.5. The molecule has 0 bridgehead atoms. The van der Waals surface area contributed by atoms with Gasteiger partial charge in [0.05, 0.1) is 13.2 Å². The van der Waals surface area contributed by atoms with Gasteiger partial charge in [-0.15, -0.1) is 0 Å². The fourth-order valence-corrected chi connectivity index (χ4v) is 4.41. The maximum absolute atomic E-state index is 13.8. The molecule has 40 heavy (non-hydrogen) atoms. The first-order chi connectivity index (χ1) is 19.1. The lowest BCUT2D eigenvalue weighted by Crippen LogP contribution is -2.47. The Balaban J connectivity index is 1.51. The van der Waals surface area contributed by atoms with Crippen LogP contribution in [0, 0.1) is 0 Å². The Kier molecular flexibility index (Phi) is 8.61. The van der Waals surface area contributed by atoms with Crippen molar-refractivity contribution in [3.8, 4) is 0 Å². The SMILES string of the molecule is C=CC(=O)Nc1cccc(Nc2nc(NC3CC=C(N4CCN(C(C)=O)CC4)C=C3OC)ncc2C(F)(F)F)c1. The van der Waals surface area contributed by atoms with Gasteiger partial charge in [0.25, 0.3) is 0 Å². The van der Waals surface area contributed by atoms with Crippen LogP contribution in [-0.4, -0.2) is 70.9 Å². The second-order valence-electron chi connectivity index (χ2n) is 9.16. The second kappa shape index (κ2) is 12.1. The molecule has 2 aliphatic rings. The third-order valence-corrected chi connectivity index (χ3v) is 6.50. The van der Waals surface area contributed by atoms with Crippen LogP contribution in [0.1, 0.15) is 18.9 Å². The van der Waals surface area contributed by atoms with E-state index in [0.717, 1.165) is 18.0 Å². The van der Waals surface area contributed by atoms with Crippen molar-refractivity contribution < 1.29 is 27.5 Å². The summed E-state index contributed by atoms with van der Waals surface area (Å²) >= 11 is 0. The Labute approximate surface area is 229 Å². The topological polar surface area (TPSA) is 112 Å². The second-order valence-corrected chi connectivity index (χ2v) is 9.16. The molecular formula is C27H30F3N7O3. The molecular weight excluding hydrogens is 527 g/mol. The third kappa shape index (κ3) is 6.90. The summed E-state index contributed by atoms with van der Waals surface area (Å²) < 4.78 is 46.9. The Bertz CT molecular complexity index is 1330. The average molecular weight is 558 g/mol. The number of hydrogen-bond acceptors (Lipinski definition) is 8. The Morgan fingerprint density at radius 2 is 1.90 bits per heavy atom. The molecule has 1 unspecified atom stereocenters. The zero-order chi connectivity index (χ0) is 28.9. The molecule has 4 rings (SSSR count). The highest BCUT2D eigenvalue weighted by molar-refractivity contribution is 5.99. The van der Waals surface area contributed by atoms with Gasteiger partial charge < -0.3 is 30.5 Å². The van der Waals surface area contributed by atoms with Crippen molar-refractivity contribution in [2.45, 2.75) is 25.6 Å². The summed E-state index contributed by atoms with van der Waals surface area (Å²) in [5.41, 5.74) is 0.566. The van der Waals surface area contributed by atoms with Gasteiger partial charge in [0, 0.05) is 62.4 Å². The van der Waals surface area contributed by atoms with Crippen molar-refractivity contribution in [3.05, 3.63) is 72.3 Å². The molecule has 1 aliphatic carbocycles. The minimum Gasteiger partial charge on any atom is -0.499 e. The molecule has 1 aliphatic heterocycles. The van der Waals surface area contributed by atoms with E-state index in [1.807, 2.05) is 12.2 Å². The van der Waals surface area contributed by atoms with E-state index >= 15 is 0 Å².